The molecule has 1 heterocycles. The predicted molar refractivity (Wildman–Crippen MR) is 101 cm³/mol. The number of amides is 1. The lowest BCUT2D eigenvalue weighted by atomic mass is 10.1. The molecular weight excluding hydrogens is 314 g/mol. The monoisotopic (exact) mass is 341 g/mol. The normalized spacial score (nSPS) is 10.7. The van der Waals surface area contributed by atoms with Crippen molar-refractivity contribution in [3.8, 4) is 0 Å². The molecular formula is C20H27N3O2. The van der Waals surface area contributed by atoms with Gasteiger partial charge in [0.2, 0.25) is 0 Å². The zero-order chi connectivity index (χ0) is 18.1. The van der Waals surface area contributed by atoms with Gasteiger partial charge in [-0.3, -0.25) is 4.79 Å². The number of carbonyl (C=O) groups is 1. The second-order valence-corrected chi connectivity index (χ2v) is 6.22. The molecule has 25 heavy (non-hydrogen) atoms. The fourth-order valence-corrected chi connectivity index (χ4v) is 2.53. The van der Waals surface area contributed by atoms with E-state index in [-0.39, 0.29) is 11.9 Å². The molecule has 0 spiro atoms. The molecule has 1 aromatic heterocycles. The molecule has 0 aliphatic carbocycles. The zero-order valence-corrected chi connectivity index (χ0v) is 15.2. The summed E-state index contributed by atoms with van der Waals surface area (Å²) in [4.78, 5) is 19.1. The number of ether oxygens (including phenoxy) is 1. The average molecular weight is 341 g/mol. The molecule has 0 bridgehead atoms. The smallest absolute Gasteiger partial charge is 0.254 e. The number of rotatable bonds is 9. The van der Waals surface area contributed by atoms with Crippen LogP contribution in [0.4, 0.5) is 5.82 Å². The molecule has 0 fully saturated rings. The van der Waals surface area contributed by atoms with Crippen molar-refractivity contribution in [1.29, 1.82) is 0 Å². The largest absolute Gasteiger partial charge is 0.385 e. The Morgan fingerprint density at radius 2 is 2.00 bits per heavy atom. The van der Waals surface area contributed by atoms with E-state index in [1.807, 2.05) is 55.1 Å². The van der Waals surface area contributed by atoms with E-state index in [9.17, 15) is 4.79 Å². The molecule has 0 radical (unpaired) electrons. The van der Waals surface area contributed by atoms with E-state index in [4.69, 9.17) is 4.74 Å². The summed E-state index contributed by atoms with van der Waals surface area (Å²) in [6.45, 7) is 6.12. The highest BCUT2D eigenvalue weighted by molar-refractivity contribution is 5.95. The number of pyridine rings is 1. The fourth-order valence-electron chi connectivity index (χ4n) is 2.53. The second kappa shape index (κ2) is 9.79. The summed E-state index contributed by atoms with van der Waals surface area (Å²) in [6, 6.07) is 13.7. The highest BCUT2D eigenvalue weighted by atomic mass is 16.5. The van der Waals surface area contributed by atoms with Crippen LogP contribution in [0.2, 0.25) is 0 Å². The van der Waals surface area contributed by atoms with E-state index in [2.05, 4.69) is 10.3 Å². The highest BCUT2D eigenvalue weighted by Crippen LogP contribution is 2.15. The summed E-state index contributed by atoms with van der Waals surface area (Å²) < 4.78 is 5.03. The van der Waals surface area contributed by atoms with Gasteiger partial charge in [0, 0.05) is 44.6 Å². The number of hydrogen-bond donors (Lipinski definition) is 1. The van der Waals surface area contributed by atoms with Gasteiger partial charge in [-0.1, -0.05) is 30.3 Å². The molecule has 1 amide bonds. The van der Waals surface area contributed by atoms with Crippen LogP contribution >= 0.6 is 0 Å². The van der Waals surface area contributed by atoms with Gasteiger partial charge < -0.3 is 15.0 Å². The van der Waals surface area contributed by atoms with Crippen molar-refractivity contribution in [3.05, 3.63) is 59.8 Å². The molecule has 1 aromatic carbocycles. The van der Waals surface area contributed by atoms with E-state index < -0.39 is 0 Å². The van der Waals surface area contributed by atoms with Gasteiger partial charge in [-0.05, 0) is 38.0 Å². The lowest BCUT2D eigenvalue weighted by Crippen LogP contribution is -2.36. The van der Waals surface area contributed by atoms with Crippen LogP contribution in [-0.2, 0) is 11.3 Å². The Morgan fingerprint density at radius 3 is 2.68 bits per heavy atom. The van der Waals surface area contributed by atoms with Crippen molar-refractivity contribution < 1.29 is 9.53 Å². The molecule has 0 aliphatic heterocycles. The maximum absolute atomic E-state index is 13.0. The van der Waals surface area contributed by atoms with Gasteiger partial charge in [0.05, 0.1) is 0 Å². The van der Waals surface area contributed by atoms with Crippen molar-refractivity contribution >= 4 is 11.7 Å². The standard InChI is InChI=1S/C20H27N3O2/c1-16(2)23(15-17-8-5-4-6-9-17)20(24)18-10-12-22-19(14-18)21-11-7-13-25-3/h4-6,8-10,12,14,16H,7,11,13,15H2,1-3H3,(H,21,22). The van der Waals surface area contributed by atoms with Gasteiger partial charge in [0.25, 0.3) is 5.91 Å². The molecule has 5 nitrogen and oxygen atoms in total. The zero-order valence-electron chi connectivity index (χ0n) is 15.2. The van der Waals surface area contributed by atoms with Gasteiger partial charge >= 0.3 is 0 Å². The minimum Gasteiger partial charge on any atom is -0.385 e. The molecule has 1 N–H and O–H groups in total. The number of anilines is 1. The van der Waals surface area contributed by atoms with E-state index in [1.165, 1.54) is 0 Å². The third kappa shape index (κ3) is 5.87. The number of aromatic nitrogens is 1. The van der Waals surface area contributed by atoms with E-state index in [1.54, 1.807) is 19.4 Å². The van der Waals surface area contributed by atoms with Crippen molar-refractivity contribution in [2.24, 2.45) is 0 Å². The summed E-state index contributed by atoms with van der Waals surface area (Å²) in [5, 5.41) is 3.23. The van der Waals surface area contributed by atoms with Crippen molar-refractivity contribution in [1.82, 2.24) is 9.88 Å². The summed E-state index contributed by atoms with van der Waals surface area (Å²) in [7, 11) is 1.69. The van der Waals surface area contributed by atoms with Crippen LogP contribution in [0, 0.1) is 0 Å². The first-order valence-electron chi connectivity index (χ1n) is 8.65. The van der Waals surface area contributed by atoms with Crippen LogP contribution in [0.3, 0.4) is 0 Å². The number of benzene rings is 1. The molecule has 0 saturated carbocycles. The Balaban J connectivity index is 2.08. The Labute approximate surface area is 150 Å². The Kier molecular flexibility index (Phi) is 7.41. The number of carbonyl (C=O) groups excluding carboxylic acids is 1. The number of hydrogen-bond acceptors (Lipinski definition) is 4. The molecule has 0 saturated heterocycles. The second-order valence-electron chi connectivity index (χ2n) is 6.22. The van der Waals surface area contributed by atoms with Crippen molar-refractivity contribution in [2.75, 3.05) is 25.6 Å². The predicted octanol–water partition coefficient (Wildman–Crippen LogP) is 3.58. The van der Waals surface area contributed by atoms with E-state index in [0.717, 1.165) is 18.5 Å². The van der Waals surface area contributed by atoms with Crippen LogP contribution in [0.25, 0.3) is 0 Å². The molecule has 2 rings (SSSR count). The van der Waals surface area contributed by atoms with Gasteiger partial charge in [-0.15, -0.1) is 0 Å². The molecule has 5 heteroatoms. The van der Waals surface area contributed by atoms with Crippen molar-refractivity contribution in [2.45, 2.75) is 32.9 Å². The van der Waals surface area contributed by atoms with Crippen LogP contribution in [-0.4, -0.2) is 42.1 Å². The van der Waals surface area contributed by atoms with Gasteiger partial charge in [-0.25, -0.2) is 4.98 Å². The minimum atomic E-state index is 0.0150. The third-order valence-corrected chi connectivity index (χ3v) is 3.92. The van der Waals surface area contributed by atoms with E-state index >= 15 is 0 Å². The number of nitrogens with zero attached hydrogens (tertiary/aromatic N) is 2. The minimum absolute atomic E-state index is 0.0150. The Bertz CT molecular complexity index is 659. The molecule has 0 aliphatic rings. The van der Waals surface area contributed by atoms with Gasteiger partial charge in [0.15, 0.2) is 0 Å². The maximum atomic E-state index is 13.0. The van der Waals surface area contributed by atoms with Crippen molar-refractivity contribution in [3.63, 3.8) is 0 Å². The topological polar surface area (TPSA) is 54.5 Å². The Hall–Kier alpha value is -2.40. The number of nitrogens with one attached hydrogen (secondary N) is 1. The lowest BCUT2D eigenvalue weighted by Gasteiger charge is -2.27. The quantitative estimate of drug-likeness (QED) is 0.708. The van der Waals surface area contributed by atoms with Crippen LogP contribution < -0.4 is 5.32 Å². The first kappa shape index (κ1) is 18.9. The first-order chi connectivity index (χ1) is 12.1. The first-order valence-corrected chi connectivity index (χ1v) is 8.65. The summed E-state index contributed by atoms with van der Waals surface area (Å²) in [5.41, 5.74) is 1.77. The van der Waals surface area contributed by atoms with Gasteiger partial charge in [-0.2, -0.15) is 0 Å². The summed E-state index contributed by atoms with van der Waals surface area (Å²) in [5.74, 6) is 0.728. The summed E-state index contributed by atoms with van der Waals surface area (Å²) >= 11 is 0. The molecule has 0 atom stereocenters. The average Bonchev–Trinajstić information content (AvgIpc) is 2.63. The third-order valence-electron chi connectivity index (χ3n) is 3.92. The molecule has 134 valence electrons. The molecule has 0 unspecified atom stereocenters. The van der Waals surface area contributed by atoms with Gasteiger partial charge in [0.1, 0.15) is 5.82 Å². The van der Waals surface area contributed by atoms with Crippen LogP contribution in [0.15, 0.2) is 48.7 Å². The van der Waals surface area contributed by atoms with Crippen LogP contribution in [0.5, 0.6) is 0 Å². The highest BCUT2D eigenvalue weighted by Gasteiger charge is 2.19. The number of methoxy groups -OCH3 is 1. The maximum Gasteiger partial charge on any atom is 0.254 e. The van der Waals surface area contributed by atoms with E-state index in [0.29, 0.717) is 24.5 Å². The lowest BCUT2D eigenvalue weighted by molar-refractivity contribution is 0.0690. The van der Waals surface area contributed by atoms with Crippen LogP contribution in [0.1, 0.15) is 36.2 Å². The Morgan fingerprint density at radius 1 is 1.24 bits per heavy atom. The SMILES string of the molecule is COCCCNc1cc(C(=O)N(Cc2ccccc2)C(C)C)ccn1. The summed E-state index contributed by atoms with van der Waals surface area (Å²) in [6.07, 6.45) is 2.56. The fraction of sp³-hybridized carbons (Fsp3) is 0.400. The molecule has 2 aromatic rings.